The van der Waals surface area contributed by atoms with Gasteiger partial charge in [0.25, 0.3) is 0 Å². The quantitative estimate of drug-likeness (QED) is 0.805. The van der Waals surface area contributed by atoms with E-state index in [-0.39, 0.29) is 0 Å². The van der Waals surface area contributed by atoms with E-state index in [1.54, 1.807) is 6.33 Å². The average Bonchev–Trinajstić information content (AvgIpc) is 2.41. The summed E-state index contributed by atoms with van der Waals surface area (Å²) in [5.41, 5.74) is 5.27. The van der Waals surface area contributed by atoms with E-state index in [1.807, 2.05) is 6.20 Å². The maximum Gasteiger partial charge on any atom is 0.115 e. The van der Waals surface area contributed by atoms with Crippen molar-refractivity contribution in [2.75, 3.05) is 6.54 Å². The third kappa shape index (κ3) is 2.27. The lowest BCUT2D eigenvalue weighted by molar-refractivity contribution is 0.240. The topological polar surface area (TPSA) is 29.0 Å². The number of nitrogens with zero attached hydrogens (tertiary/aromatic N) is 3. The van der Waals surface area contributed by atoms with Gasteiger partial charge in [0.2, 0.25) is 0 Å². The molecule has 1 aromatic heterocycles. The minimum absolute atomic E-state index is 0.937. The summed E-state index contributed by atoms with van der Waals surface area (Å²) in [7, 11) is 0. The van der Waals surface area contributed by atoms with Crippen LogP contribution in [0.25, 0.3) is 0 Å². The van der Waals surface area contributed by atoms with Crippen LogP contribution in [0.4, 0.5) is 0 Å². The second kappa shape index (κ2) is 4.86. The van der Waals surface area contributed by atoms with Gasteiger partial charge in [0.1, 0.15) is 6.33 Å². The molecule has 2 aromatic rings. The Morgan fingerprint density at radius 1 is 1.28 bits per heavy atom. The molecule has 0 amide bonds. The maximum atomic E-state index is 4.38. The van der Waals surface area contributed by atoms with Gasteiger partial charge in [-0.1, -0.05) is 24.3 Å². The minimum atomic E-state index is 0.937. The first-order valence-electron chi connectivity index (χ1n) is 6.37. The molecule has 18 heavy (non-hydrogen) atoms. The Morgan fingerprint density at radius 3 is 3.06 bits per heavy atom. The molecule has 92 valence electrons. The Bertz CT molecular complexity index is 551. The van der Waals surface area contributed by atoms with Gasteiger partial charge in [0.15, 0.2) is 0 Å². The maximum absolute atomic E-state index is 4.38. The van der Waals surface area contributed by atoms with Gasteiger partial charge in [-0.25, -0.2) is 9.97 Å². The molecule has 0 aliphatic carbocycles. The van der Waals surface area contributed by atoms with Crippen LogP contribution in [-0.2, 0) is 19.5 Å². The van der Waals surface area contributed by atoms with E-state index >= 15 is 0 Å². The van der Waals surface area contributed by atoms with E-state index < -0.39 is 0 Å². The largest absolute Gasteiger partial charge is 0.293 e. The van der Waals surface area contributed by atoms with Crippen molar-refractivity contribution in [1.82, 2.24) is 14.9 Å². The highest BCUT2D eigenvalue weighted by Crippen LogP contribution is 2.18. The summed E-state index contributed by atoms with van der Waals surface area (Å²) in [6, 6.07) is 8.60. The molecular formula is C15H17N3. The Kier molecular flexibility index (Phi) is 3.07. The number of benzene rings is 1. The van der Waals surface area contributed by atoms with Crippen molar-refractivity contribution in [2.24, 2.45) is 0 Å². The number of aromatic nitrogens is 2. The molecule has 0 spiro atoms. The van der Waals surface area contributed by atoms with E-state index in [4.69, 9.17) is 0 Å². The van der Waals surface area contributed by atoms with Crippen LogP contribution >= 0.6 is 0 Å². The first kappa shape index (κ1) is 11.4. The predicted octanol–water partition coefficient (Wildman–Crippen LogP) is 2.34. The van der Waals surface area contributed by atoms with E-state index in [1.165, 1.54) is 22.4 Å². The lowest BCUT2D eigenvalue weighted by Gasteiger charge is -2.28. The fourth-order valence-electron chi connectivity index (χ4n) is 2.47. The zero-order chi connectivity index (χ0) is 12.4. The minimum Gasteiger partial charge on any atom is -0.293 e. The van der Waals surface area contributed by atoms with Gasteiger partial charge in [-0.15, -0.1) is 0 Å². The highest BCUT2D eigenvalue weighted by atomic mass is 15.1. The van der Waals surface area contributed by atoms with E-state index in [2.05, 4.69) is 46.1 Å². The molecule has 3 heteroatoms. The lowest BCUT2D eigenvalue weighted by Crippen LogP contribution is -2.31. The Labute approximate surface area is 108 Å². The Morgan fingerprint density at radius 2 is 2.17 bits per heavy atom. The molecule has 2 heterocycles. The van der Waals surface area contributed by atoms with Crippen LogP contribution in [0.5, 0.6) is 0 Å². The predicted molar refractivity (Wildman–Crippen MR) is 71.0 cm³/mol. The van der Waals surface area contributed by atoms with Crippen molar-refractivity contribution >= 4 is 0 Å². The monoisotopic (exact) mass is 239 g/mol. The summed E-state index contributed by atoms with van der Waals surface area (Å²) in [6.45, 7) is 5.21. The third-order valence-electron chi connectivity index (χ3n) is 3.61. The van der Waals surface area contributed by atoms with Crippen LogP contribution in [0.15, 0.2) is 36.8 Å². The molecule has 0 N–H and O–H groups in total. The number of hydrogen-bond acceptors (Lipinski definition) is 3. The number of rotatable bonds is 2. The zero-order valence-corrected chi connectivity index (χ0v) is 10.6. The van der Waals surface area contributed by atoms with Gasteiger partial charge in [0, 0.05) is 25.8 Å². The molecule has 0 atom stereocenters. The number of fused-ring (bicyclic) bond motifs is 1. The van der Waals surface area contributed by atoms with Crippen molar-refractivity contribution in [2.45, 2.75) is 26.4 Å². The van der Waals surface area contributed by atoms with Crippen molar-refractivity contribution in [3.63, 3.8) is 0 Å². The van der Waals surface area contributed by atoms with Crippen LogP contribution in [0, 0.1) is 6.92 Å². The fourth-order valence-corrected chi connectivity index (χ4v) is 2.47. The third-order valence-corrected chi connectivity index (χ3v) is 3.61. The molecule has 0 saturated heterocycles. The van der Waals surface area contributed by atoms with Crippen molar-refractivity contribution in [3.8, 4) is 0 Å². The fraction of sp³-hybridized carbons (Fsp3) is 0.333. The molecule has 3 nitrogen and oxygen atoms in total. The standard InChI is InChI=1S/C15H17N3/c1-12-4-2-3-5-14(12)9-18-7-6-13-8-16-11-17-15(13)10-18/h2-5,8,11H,6-7,9-10H2,1H3. The number of hydrogen-bond donors (Lipinski definition) is 0. The lowest BCUT2D eigenvalue weighted by atomic mass is 10.0. The SMILES string of the molecule is Cc1ccccc1CN1CCc2cncnc2C1. The zero-order valence-electron chi connectivity index (χ0n) is 10.6. The molecule has 0 fully saturated rings. The van der Waals surface area contributed by atoms with Crippen LogP contribution < -0.4 is 0 Å². The van der Waals surface area contributed by atoms with Crippen LogP contribution in [0.3, 0.4) is 0 Å². The molecule has 0 saturated carbocycles. The summed E-state index contributed by atoms with van der Waals surface area (Å²) < 4.78 is 0. The highest BCUT2D eigenvalue weighted by molar-refractivity contribution is 5.26. The Balaban J connectivity index is 1.75. The van der Waals surface area contributed by atoms with E-state index in [0.29, 0.717) is 0 Å². The van der Waals surface area contributed by atoms with Crippen LogP contribution in [0.1, 0.15) is 22.4 Å². The smallest absolute Gasteiger partial charge is 0.115 e. The molecule has 3 rings (SSSR count). The van der Waals surface area contributed by atoms with Gasteiger partial charge in [-0.05, 0) is 30.0 Å². The molecule has 0 radical (unpaired) electrons. The normalized spacial score (nSPS) is 15.4. The summed E-state index contributed by atoms with van der Waals surface area (Å²) >= 11 is 0. The first-order chi connectivity index (χ1) is 8.83. The average molecular weight is 239 g/mol. The van der Waals surface area contributed by atoms with Crippen molar-refractivity contribution in [1.29, 1.82) is 0 Å². The van der Waals surface area contributed by atoms with Gasteiger partial charge < -0.3 is 0 Å². The summed E-state index contributed by atoms with van der Waals surface area (Å²) in [6.07, 6.45) is 4.66. The number of aryl methyl sites for hydroxylation is 1. The van der Waals surface area contributed by atoms with Crippen molar-refractivity contribution in [3.05, 3.63) is 59.2 Å². The molecular weight excluding hydrogens is 222 g/mol. The van der Waals surface area contributed by atoms with Gasteiger partial charge in [-0.2, -0.15) is 0 Å². The van der Waals surface area contributed by atoms with Crippen LogP contribution in [0.2, 0.25) is 0 Å². The second-order valence-corrected chi connectivity index (χ2v) is 4.88. The summed E-state index contributed by atoms with van der Waals surface area (Å²) in [4.78, 5) is 10.9. The van der Waals surface area contributed by atoms with Gasteiger partial charge >= 0.3 is 0 Å². The molecule has 1 aliphatic rings. The Hall–Kier alpha value is -1.74. The molecule has 1 aliphatic heterocycles. The van der Waals surface area contributed by atoms with Crippen molar-refractivity contribution < 1.29 is 0 Å². The summed E-state index contributed by atoms with van der Waals surface area (Å²) in [5.74, 6) is 0. The van der Waals surface area contributed by atoms with E-state index in [0.717, 1.165) is 26.1 Å². The first-order valence-corrected chi connectivity index (χ1v) is 6.37. The highest BCUT2D eigenvalue weighted by Gasteiger charge is 2.17. The van der Waals surface area contributed by atoms with Gasteiger partial charge in [-0.3, -0.25) is 4.90 Å². The second-order valence-electron chi connectivity index (χ2n) is 4.88. The van der Waals surface area contributed by atoms with E-state index in [9.17, 15) is 0 Å². The molecule has 0 unspecified atom stereocenters. The molecule has 0 bridgehead atoms. The molecule has 1 aromatic carbocycles. The van der Waals surface area contributed by atoms with Gasteiger partial charge in [0.05, 0.1) is 5.69 Å². The summed E-state index contributed by atoms with van der Waals surface area (Å²) in [5, 5.41) is 0. The van der Waals surface area contributed by atoms with Crippen LogP contribution in [-0.4, -0.2) is 21.4 Å².